The van der Waals surface area contributed by atoms with Gasteiger partial charge in [0.1, 0.15) is 11.4 Å². The van der Waals surface area contributed by atoms with Crippen LogP contribution in [0.5, 0.6) is 0 Å². The Balaban J connectivity index is 3.38. The van der Waals surface area contributed by atoms with Gasteiger partial charge in [-0.2, -0.15) is 5.26 Å². The summed E-state index contributed by atoms with van der Waals surface area (Å²) in [5.74, 6) is 0.435. The van der Waals surface area contributed by atoms with Crippen molar-refractivity contribution in [1.29, 1.82) is 5.26 Å². The van der Waals surface area contributed by atoms with E-state index in [1.54, 1.807) is 6.92 Å². The standard InChI is InChI=1S/C11H12N2O/c1-7(6-12)10-9(13-5)8(2)11(3,4)14-10/h1-4H3. The lowest BCUT2D eigenvalue weighted by atomic mass is 10.00. The van der Waals surface area contributed by atoms with Crippen molar-refractivity contribution in [3.8, 4) is 6.07 Å². The molecule has 3 heteroatoms. The SMILES string of the molecule is [C-]#[N+]C1=C(C)C(C)(C)OC1=C(C)C#N. The van der Waals surface area contributed by atoms with Gasteiger partial charge in [-0.15, -0.1) is 0 Å². The van der Waals surface area contributed by atoms with Crippen molar-refractivity contribution < 1.29 is 4.74 Å². The zero-order valence-corrected chi connectivity index (χ0v) is 8.80. The minimum atomic E-state index is -0.465. The highest BCUT2D eigenvalue weighted by atomic mass is 16.5. The van der Waals surface area contributed by atoms with Gasteiger partial charge in [-0.25, -0.2) is 4.85 Å². The average Bonchev–Trinajstić information content (AvgIpc) is 2.37. The Kier molecular flexibility index (Phi) is 2.36. The monoisotopic (exact) mass is 188 g/mol. The highest BCUT2D eigenvalue weighted by Crippen LogP contribution is 2.39. The number of nitrogens with zero attached hydrogens (tertiary/aromatic N) is 2. The van der Waals surface area contributed by atoms with Crippen molar-refractivity contribution in [2.45, 2.75) is 33.3 Å². The van der Waals surface area contributed by atoms with E-state index in [0.717, 1.165) is 5.57 Å². The Morgan fingerprint density at radius 2 is 2.14 bits per heavy atom. The minimum Gasteiger partial charge on any atom is -0.495 e. The third kappa shape index (κ3) is 1.38. The molecular formula is C11H12N2O. The van der Waals surface area contributed by atoms with E-state index in [1.807, 2.05) is 26.8 Å². The van der Waals surface area contributed by atoms with E-state index < -0.39 is 5.60 Å². The lowest BCUT2D eigenvalue weighted by molar-refractivity contribution is 0.0922. The van der Waals surface area contributed by atoms with Crippen molar-refractivity contribution in [2.24, 2.45) is 0 Å². The van der Waals surface area contributed by atoms with Gasteiger partial charge in [0, 0.05) is 0 Å². The molecule has 0 amide bonds. The van der Waals surface area contributed by atoms with Crippen LogP contribution in [-0.4, -0.2) is 5.60 Å². The van der Waals surface area contributed by atoms with Crippen LogP contribution in [0.1, 0.15) is 27.7 Å². The first kappa shape index (κ1) is 10.3. The van der Waals surface area contributed by atoms with Crippen LogP contribution in [0.25, 0.3) is 4.85 Å². The molecule has 0 unspecified atom stereocenters. The van der Waals surface area contributed by atoms with Gasteiger partial charge in [0.25, 0.3) is 0 Å². The predicted molar refractivity (Wildman–Crippen MR) is 52.8 cm³/mol. The zero-order valence-electron chi connectivity index (χ0n) is 8.80. The maximum Gasteiger partial charge on any atom is 0.232 e. The first-order chi connectivity index (χ1) is 6.44. The normalized spacial score (nSPS) is 22.4. The fraction of sp³-hybridized carbons (Fsp3) is 0.455. The molecule has 0 aromatic rings. The number of allylic oxidation sites excluding steroid dienone is 1. The second kappa shape index (κ2) is 3.20. The summed E-state index contributed by atoms with van der Waals surface area (Å²) in [6.07, 6.45) is 0. The number of hydrogen-bond acceptors (Lipinski definition) is 2. The first-order valence-corrected chi connectivity index (χ1v) is 4.33. The van der Waals surface area contributed by atoms with Gasteiger partial charge in [0.05, 0.1) is 18.2 Å². The lowest BCUT2D eigenvalue weighted by Crippen LogP contribution is -2.20. The van der Waals surface area contributed by atoms with Gasteiger partial charge in [-0.3, -0.25) is 0 Å². The molecule has 0 saturated heterocycles. The highest BCUT2D eigenvalue weighted by molar-refractivity contribution is 5.48. The van der Waals surface area contributed by atoms with E-state index in [4.69, 9.17) is 16.6 Å². The van der Waals surface area contributed by atoms with Crippen molar-refractivity contribution in [3.63, 3.8) is 0 Å². The molecule has 0 aliphatic carbocycles. The highest BCUT2D eigenvalue weighted by Gasteiger charge is 2.36. The molecule has 0 fully saturated rings. The van der Waals surface area contributed by atoms with E-state index in [9.17, 15) is 0 Å². The molecule has 1 rings (SSSR count). The fourth-order valence-electron chi connectivity index (χ4n) is 1.28. The minimum absolute atomic E-state index is 0.435. The van der Waals surface area contributed by atoms with E-state index in [-0.39, 0.29) is 0 Å². The second-order valence-electron chi connectivity index (χ2n) is 3.76. The zero-order chi connectivity index (χ0) is 10.9. The number of hydrogen-bond donors (Lipinski definition) is 0. The molecule has 0 aromatic heterocycles. The van der Waals surface area contributed by atoms with Crippen LogP contribution in [0.15, 0.2) is 22.6 Å². The summed E-state index contributed by atoms with van der Waals surface area (Å²) in [6, 6.07) is 2.01. The average molecular weight is 188 g/mol. The summed E-state index contributed by atoms with van der Waals surface area (Å²) in [5, 5.41) is 8.75. The largest absolute Gasteiger partial charge is 0.495 e. The molecule has 0 N–H and O–H groups in total. The number of ether oxygens (including phenoxy) is 1. The Bertz CT molecular complexity index is 414. The molecule has 1 heterocycles. The quantitative estimate of drug-likeness (QED) is 0.433. The van der Waals surface area contributed by atoms with Gasteiger partial charge in [0.2, 0.25) is 5.70 Å². The number of nitriles is 1. The molecule has 72 valence electrons. The molecule has 0 atom stereocenters. The van der Waals surface area contributed by atoms with Crippen molar-refractivity contribution in [3.05, 3.63) is 34.0 Å². The van der Waals surface area contributed by atoms with E-state index in [1.165, 1.54) is 0 Å². The van der Waals surface area contributed by atoms with Crippen LogP contribution in [0.4, 0.5) is 0 Å². The molecule has 0 aromatic carbocycles. The Morgan fingerprint density at radius 1 is 1.57 bits per heavy atom. The van der Waals surface area contributed by atoms with Crippen LogP contribution in [0.3, 0.4) is 0 Å². The maximum atomic E-state index is 8.75. The van der Waals surface area contributed by atoms with Gasteiger partial charge < -0.3 is 4.74 Å². The summed E-state index contributed by atoms with van der Waals surface area (Å²) in [6.45, 7) is 14.4. The molecule has 1 aliphatic heterocycles. The molecule has 1 aliphatic rings. The molecule has 0 saturated carbocycles. The van der Waals surface area contributed by atoms with Crippen LogP contribution >= 0.6 is 0 Å². The molecular weight excluding hydrogens is 176 g/mol. The van der Waals surface area contributed by atoms with E-state index in [2.05, 4.69) is 4.85 Å². The van der Waals surface area contributed by atoms with Crippen molar-refractivity contribution in [1.82, 2.24) is 0 Å². The van der Waals surface area contributed by atoms with Crippen molar-refractivity contribution in [2.75, 3.05) is 0 Å². The third-order valence-electron chi connectivity index (χ3n) is 2.45. The maximum absolute atomic E-state index is 8.75. The van der Waals surface area contributed by atoms with Gasteiger partial charge in [-0.1, -0.05) is 0 Å². The molecule has 3 nitrogen and oxygen atoms in total. The predicted octanol–water partition coefficient (Wildman–Crippen LogP) is 2.79. The summed E-state index contributed by atoms with van der Waals surface area (Å²) in [7, 11) is 0. The van der Waals surface area contributed by atoms with Gasteiger partial charge >= 0.3 is 0 Å². The van der Waals surface area contributed by atoms with Crippen LogP contribution in [0, 0.1) is 17.9 Å². The van der Waals surface area contributed by atoms with Crippen molar-refractivity contribution >= 4 is 0 Å². The lowest BCUT2D eigenvalue weighted by Gasteiger charge is -2.21. The molecule has 0 spiro atoms. The van der Waals surface area contributed by atoms with Crippen LogP contribution in [0.2, 0.25) is 0 Å². The molecule has 0 bridgehead atoms. The Labute approximate surface area is 84.1 Å². The third-order valence-corrected chi connectivity index (χ3v) is 2.45. The summed E-state index contributed by atoms with van der Waals surface area (Å²) < 4.78 is 5.59. The smallest absolute Gasteiger partial charge is 0.232 e. The van der Waals surface area contributed by atoms with Crippen LogP contribution in [-0.2, 0) is 4.74 Å². The van der Waals surface area contributed by atoms with E-state index in [0.29, 0.717) is 17.0 Å². The fourth-order valence-corrected chi connectivity index (χ4v) is 1.28. The summed E-state index contributed by atoms with van der Waals surface area (Å²) >= 11 is 0. The number of rotatable bonds is 0. The molecule has 0 radical (unpaired) electrons. The Morgan fingerprint density at radius 3 is 2.57 bits per heavy atom. The molecule has 14 heavy (non-hydrogen) atoms. The van der Waals surface area contributed by atoms with Gasteiger partial charge in [0.15, 0.2) is 0 Å². The Hall–Kier alpha value is -1.74. The van der Waals surface area contributed by atoms with Crippen LogP contribution < -0.4 is 0 Å². The summed E-state index contributed by atoms with van der Waals surface area (Å²) in [5.41, 5.74) is 1.36. The first-order valence-electron chi connectivity index (χ1n) is 4.33. The van der Waals surface area contributed by atoms with E-state index >= 15 is 0 Å². The van der Waals surface area contributed by atoms with Gasteiger partial charge in [-0.05, 0) is 33.3 Å². The topological polar surface area (TPSA) is 37.4 Å². The second-order valence-corrected chi connectivity index (χ2v) is 3.76. The summed E-state index contributed by atoms with van der Waals surface area (Å²) in [4.78, 5) is 3.41.